The van der Waals surface area contributed by atoms with E-state index in [1.54, 1.807) is 18.9 Å². The van der Waals surface area contributed by atoms with Gasteiger partial charge in [-0.15, -0.1) is 0 Å². The van der Waals surface area contributed by atoms with Crippen molar-refractivity contribution >= 4 is 11.7 Å². The van der Waals surface area contributed by atoms with Crippen molar-refractivity contribution in [2.24, 2.45) is 0 Å². The number of aromatic nitrogens is 1. The topological polar surface area (TPSA) is 90.0 Å². The highest BCUT2D eigenvalue weighted by Crippen LogP contribution is 2.28. The summed E-state index contributed by atoms with van der Waals surface area (Å²) >= 11 is 0. The Balaban J connectivity index is 1.77. The molecule has 2 aromatic rings. The molecule has 136 valence electrons. The van der Waals surface area contributed by atoms with E-state index < -0.39 is 0 Å². The number of carbonyl (C=O) groups is 1. The minimum absolute atomic E-state index is 0.223. The van der Waals surface area contributed by atoms with Crippen molar-refractivity contribution in [1.82, 2.24) is 10.1 Å². The molecule has 0 bridgehead atoms. The van der Waals surface area contributed by atoms with Gasteiger partial charge in [-0.2, -0.15) is 0 Å². The van der Waals surface area contributed by atoms with Gasteiger partial charge in [-0.1, -0.05) is 12.1 Å². The predicted molar refractivity (Wildman–Crippen MR) is 89.3 cm³/mol. The number of nitrogens with one attached hydrogen (secondary N) is 1. The van der Waals surface area contributed by atoms with E-state index >= 15 is 0 Å². The van der Waals surface area contributed by atoms with E-state index in [1.807, 2.05) is 19.1 Å². The van der Waals surface area contributed by atoms with Crippen LogP contribution in [0.2, 0.25) is 0 Å². The lowest BCUT2D eigenvalue weighted by Gasteiger charge is -2.34. The van der Waals surface area contributed by atoms with Gasteiger partial charge in [0.25, 0.3) is 0 Å². The first-order chi connectivity index (χ1) is 12.1. The molecule has 1 fully saturated rings. The molecule has 0 saturated carbocycles. The number of urea groups is 1. The molecule has 1 saturated heterocycles. The van der Waals surface area contributed by atoms with Crippen molar-refractivity contribution in [3.63, 3.8) is 0 Å². The van der Waals surface area contributed by atoms with E-state index in [1.165, 1.54) is 0 Å². The summed E-state index contributed by atoms with van der Waals surface area (Å²) in [7, 11) is 1.61. The van der Waals surface area contributed by atoms with Gasteiger partial charge in [0.15, 0.2) is 5.76 Å². The van der Waals surface area contributed by atoms with Crippen LogP contribution < -0.4 is 5.32 Å². The smallest absolute Gasteiger partial charge is 0.322 e. The van der Waals surface area contributed by atoms with Gasteiger partial charge >= 0.3 is 6.03 Å². The Hall–Kier alpha value is -2.32. The molecule has 1 aliphatic rings. The van der Waals surface area contributed by atoms with Crippen molar-refractivity contribution in [3.8, 4) is 0 Å². The van der Waals surface area contributed by atoms with Crippen molar-refractivity contribution in [3.05, 3.63) is 35.1 Å². The molecule has 2 aromatic heterocycles. The maximum absolute atomic E-state index is 12.8. The van der Waals surface area contributed by atoms with Crippen LogP contribution in [0.3, 0.4) is 0 Å². The molecule has 0 spiro atoms. The summed E-state index contributed by atoms with van der Waals surface area (Å²) in [5.41, 5.74) is 1.30. The number of furan rings is 1. The van der Waals surface area contributed by atoms with Gasteiger partial charge < -0.3 is 28.6 Å². The Labute approximate surface area is 146 Å². The zero-order valence-corrected chi connectivity index (χ0v) is 14.7. The second kappa shape index (κ2) is 7.71. The maximum atomic E-state index is 12.8. The van der Waals surface area contributed by atoms with Crippen molar-refractivity contribution in [2.45, 2.75) is 32.9 Å². The highest BCUT2D eigenvalue weighted by Gasteiger charge is 2.32. The van der Waals surface area contributed by atoms with Gasteiger partial charge in [0.1, 0.15) is 35.6 Å². The van der Waals surface area contributed by atoms with Crippen LogP contribution in [-0.2, 0) is 22.5 Å². The van der Waals surface area contributed by atoms with Crippen LogP contribution >= 0.6 is 0 Å². The lowest BCUT2D eigenvalue weighted by molar-refractivity contribution is 0.00635. The Bertz CT molecular complexity index is 724. The van der Waals surface area contributed by atoms with Crippen LogP contribution in [0.5, 0.6) is 0 Å². The van der Waals surface area contributed by atoms with Crippen molar-refractivity contribution in [1.29, 1.82) is 0 Å². The summed E-state index contributed by atoms with van der Waals surface area (Å²) < 4.78 is 21.6. The Morgan fingerprint density at radius 1 is 1.48 bits per heavy atom. The lowest BCUT2D eigenvalue weighted by atomic mass is 10.2. The number of rotatable bonds is 5. The highest BCUT2D eigenvalue weighted by atomic mass is 16.5. The zero-order chi connectivity index (χ0) is 17.8. The predicted octanol–water partition coefficient (Wildman–Crippen LogP) is 2.89. The average molecular weight is 349 g/mol. The number of hydrogen-bond donors (Lipinski definition) is 1. The maximum Gasteiger partial charge on any atom is 0.322 e. The Morgan fingerprint density at radius 3 is 3.08 bits per heavy atom. The van der Waals surface area contributed by atoms with Gasteiger partial charge in [-0.3, -0.25) is 0 Å². The quantitative estimate of drug-likeness (QED) is 0.893. The summed E-state index contributed by atoms with van der Waals surface area (Å²) in [6, 6.07) is 3.20. The second-order valence-electron chi connectivity index (χ2n) is 5.87. The molecule has 1 aliphatic heterocycles. The molecule has 25 heavy (non-hydrogen) atoms. The molecular formula is C17H23N3O5. The number of aryl methyl sites for hydroxylation is 2. The van der Waals surface area contributed by atoms with E-state index in [-0.39, 0.29) is 12.1 Å². The number of carbonyl (C=O) groups excluding carboxylic acids is 1. The average Bonchev–Trinajstić information content (AvgIpc) is 3.22. The van der Waals surface area contributed by atoms with E-state index in [9.17, 15) is 4.79 Å². The van der Waals surface area contributed by atoms with Crippen LogP contribution in [0.15, 0.2) is 21.1 Å². The lowest BCUT2D eigenvalue weighted by Crippen LogP contribution is -2.45. The largest absolute Gasteiger partial charge is 0.461 e. The number of ether oxygens (including phenoxy) is 2. The molecule has 1 N–H and O–H groups in total. The molecule has 1 atom stereocenters. The first-order valence-corrected chi connectivity index (χ1v) is 8.32. The summed E-state index contributed by atoms with van der Waals surface area (Å²) in [6.45, 7) is 5.49. The van der Waals surface area contributed by atoms with E-state index in [4.69, 9.17) is 18.4 Å². The zero-order valence-electron chi connectivity index (χ0n) is 14.7. The third kappa shape index (κ3) is 3.69. The minimum Gasteiger partial charge on any atom is -0.461 e. The first-order valence-electron chi connectivity index (χ1n) is 8.32. The molecule has 0 radical (unpaired) electrons. The fraction of sp³-hybridized carbons (Fsp3) is 0.529. The third-order valence-corrected chi connectivity index (χ3v) is 4.17. The number of methoxy groups -OCH3 is 1. The molecule has 1 unspecified atom stereocenters. The highest BCUT2D eigenvalue weighted by molar-refractivity contribution is 5.90. The standard InChI is InChI=1S/C17H23N3O5/c1-4-14-16(11(2)19-25-14)18-17(21)20-7-8-23-10-13(20)15-6-5-12(24-15)9-22-3/h5-6,13H,4,7-10H2,1-3H3,(H,18,21). The second-order valence-corrected chi connectivity index (χ2v) is 5.87. The summed E-state index contributed by atoms with van der Waals surface area (Å²) in [4.78, 5) is 14.5. The molecule has 0 aliphatic carbocycles. The fourth-order valence-corrected chi connectivity index (χ4v) is 2.87. The number of amides is 2. The van der Waals surface area contributed by atoms with Gasteiger partial charge in [0.2, 0.25) is 0 Å². The molecule has 2 amide bonds. The number of anilines is 1. The molecule has 3 heterocycles. The van der Waals surface area contributed by atoms with Crippen LogP contribution in [0, 0.1) is 6.92 Å². The molecule has 8 heteroatoms. The normalized spacial score (nSPS) is 17.7. The van der Waals surface area contributed by atoms with E-state index in [0.717, 1.165) is 0 Å². The molecular weight excluding hydrogens is 326 g/mol. The monoisotopic (exact) mass is 349 g/mol. The van der Waals surface area contributed by atoms with Crippen LogP contribution in [0.25, 0.3) is 0 Å². The summed E-state index contributed by atoms with van der Waals surface area (Å²) in [5.74, 6) is 2.06. The summed E-state index contributed by atoms with van der Waals surface area (Å²) in [6.07, 6.45) is 0.654. The Kier molecular flexibility index (Phi) is 5.40. The molecule has 8 nitrogen and oxygen atoms in total. The van der Waals surface area contributed by atoms with Crippen LogP contribution in [0.4, 0.5) is 10.5 Å². The van der Waals surface area contributed by atoms with E-state index in [2.05, 4.69) is 10.5 Å². The van der Waals surface area contributed by atoms with E-state index in [0.29, 0.717) is 61.4 Å². The van der Waals surface area contributed by atoms with Gasteiger partial charge in [0, 0.05) is 20.1 Å². The fourth-order valence-electron chi connectivity index (χ4n) is 2.87. The van der Waals surface area contributed by atoms with Gasteiger partial charge in [-0.05, 0) is 19.1 Å². The van der Waals surface area contributed by atoms with Crippen LogP contribution in [-0.4, -0.2) is 43.0 Å². The number of hydrogen-bond acceptors (Lipinski definition) is 6. The SMILES string of the molecule is CCc1onc(C)c1NC(=O)N1CCOCC1c1ccc(COC)o1. The molecule has 3 rings (SSSR count). The van der Waals surface area contributed by atoms with Crippen LogP contribution in [0.1, 0.15) is 35.9 Å². The minimum atomic E-state index is -0.287. The van der Waals surface area contributed by atoms with Gasteiger partial charge in [-0.25, -0.2) is 4.79 Å². The summed E-state index contributed by atoms with van der Waals surface area (Å²) in [5, 5.41) is 6.84. The van der Waals surface area contributed by atoms with Gasteiger partial charge in [0.05, 0.1) is 13.2 Å². The number of nitrogens with zero attached hydrogens (tertiary/aromatic N) is 2. The number of morpholine rings is 1. The van der Waals surface area contributed by atoms with Crippen molar-refractivity contribution < 1.29 is 23.2 Å². The Morgan fingerprint density at radius 2 is 2.32 bits per heavy atom. The first kappa shape index (κ1) is 17.5. The molecule has 0 aromatic carbocycles. The third-order valence-electron chi connectivity index (χ3n) is 4.17. The van der Waals surface area contributed by atoms with Crippen molar-refractivity contribution in [2.75, 3.05) is 32.2 Å².